The summed E-state index contributed by atoms with van der Waals surface area (Å²) in [6.45, 7) is 0. The Morgan fingerprint density at radius 1 is 1.20 bits per heavy atom. The van der Waals surface area contributed by atoms with E-state index in [1.807, 2.05) is 12.1 Å². The van der Waals surface area contributed by atoms with E-state index in [0.717, 1.165) is 23.6 Å². The summed E-state index contributed by atoms with van der Waals surface area (Å²) >= 11 is 6.53. The second-order valence-electron chi connectivity index (χ2n) is 4.70. The van der Waals surface area contributed by atoms with E-state index in [1.54, 1.807) is 0 Å². The lowest BCUT2D eigenvalue weighted by Crippen LogP contribution is -2.40. The molecule has 0 radical (unpaired) electrons. The quantitative estimate of drug-likeness (QED) is 0.407. The largest absolute Gasteiger partial charge is 0.481 e. The maximum absolute atomic E-state index is 12.4. The zero-order chi connectivity index (χ0) is 14.9. The maximum atomic E-state index is 12.4. The molecule has 4 nitrogen and oxygen atoms in total. The summed E-state index contributed by atoms with van der Waals surface area (Å²) in [5.74, 6) is -1.46. The molecule has 1 aliphatic rings. The van der Waals surface area contributed by atoms with Crippen molar-refractivity contribution in [3.05, 3.63) is 28.4 Å². The van der Waals surface area contributed by atoms with E-state index in [9.17, 15) is 9.59 Å². The minimum absolute atomic E-state index is 0.177. The lowest BCUT2D eigenvalue weighted by atomic mass is 10.0. The second-order valence-corrected chi connectivity index (χ2v) is 8.19. The van der Waals surface area contributed by atoms with Gasteiger partial charge < -0.3 is 10.4 Å². The van der Waals surface area contributed by atoms with Crippen LogP contribution in [-0.2, 0) is 4.79 Å². The number of carbonyl (C=O) groups is 2. The molecule has 1 aliphatic carbocycles. The van der Waals surface area contributed by atoms with Crippen molar-refractivity contribution in [2.75, 3.05) is 0 Å². The van der Waals surface area contributed by atoms with E-state index < -0.39 is 11.9 Å². The van der Waals surface area contributed by atoms with Crippen LogP contribution in [0.5, 0.6) is 0 Å². The van der Waals surface area contributed by atoms with Crippen molar-refractivity contribution in [2.45, 2.75) is 25.3 Å². The summed E-state index contributed by atoms with van der Waals surface area (Å²) in [7, 11) is 0. The Hall–Kier alpha value is 0.350. The zero-order valence-electron chi connectivity index (χ0n) is 10.3. The predicted octanol–water partition coefficient (Wildman–Crippen LogP) is 3.48. The van der Waals surface area contributed by atoms with E-state index in [1.165, 1.54) is 0 Å². The third-order valence-corrected chi connectivity index (χ3v) is 7.06. The van der Waals surface area contributed by atoms with Crippen LogP contribution in [0.2, 0.25) is 0 Å². The van der Waals surface area contributed by atoms with E-state index in [4.69, 9.17) is 5.11 Å². The van der Waals surface area contributed by atoms with Gasteiger partial charge in [0.15, 0.2) is 0 Å². The highest BCUT2D eigenvalue weighted by Crippen LogP contribution is 2.27. The van der Waals surface area contributed by atoms with Gasteiger partial charge in [-0.1, -0.05) is 6.42 Å². The van der Waals surface area contributed by atoms with Crippen molar-refractivity contribution in [3.8, 4) is 0 Å². The Bertz CT molecular complexity index is 562. The van der Waals surface area contributed by atoms with Gasteiger partial charge in [0.1, 0.15) is 0 Å². The van der Waals surface area contributed by atoms with Crippen LogP contribution in [0.4, 0.5) is 0 Å². The standard InChI is InChI=1S/C13H12I3NO3/c14-6-4-8(11(16)9(15)5-6)12(18)17-10-3-1-2-7(10)13(19)20/h4-5,7,10H,1-3H2,(H,17,18)(H,19,20). The van der Waals surface area contributed by atoms with Crippen molar-refractivity contribution in [1.82, 2.24) is 5.32 Å². The fraction of sp³-hybridized carbons (Fsp3) is 0.385. The van der Waals surface area contributed by atoms with Crippen LogP contribution in [0.1, 0.15) is 29.6 Å². The van der Waals surface area contributed by atoms with Gasteiger partial charge in [0.2, 0.25) is 0 Å². The molecule has 108 valence electrons. The number of aliphatic carboxylic acids is 1. The lowest BCUT2D eigenvalue weighted by Gasteiger charge is -2.18. The smallest absolute Gasteiger partial charge is 0.308 e. The summed E-state index contributed by atoms with van der Waals surface area (Å²) < 4.78 is 2.94. The average molecular weight is 611 g/mol. The number of halogens is 3. The van der Waals surface area contributed by atoms with E-state index in [2.05, 4.69) is 73.1 Å². The van der Waals surface area contributed by atoms with Gasteiger partial charge in [-0.3, -0.25) is 9.59 Å². The third-order valence-electron chi connectivity index (χ3n) is 3.39. The van der Waals surface area contributed by atoms with Gasteiger partial charge in [-0.15, -0.1) is 0 Å². The first-order valence-electron chi connectivity index (χ1n) is 6.08. The molecule has 2 N–H and O–H groups in total. The molecule has 1 fully saturated rings. The molecule has 2 rings (SSSR count). The number of nitrogens with one attached hydrogen (secondary N) is 1. The van der Waals surface area contributed by atoms with E-state index in [-0.39, 0.29) is 11.9 Å². The molecule has 1 amide bonds. The summed E-state index contributed by atoms with van der Waals surface area (Å²) in [6, 6.07) is 3.59. The summed E-state index contributed by atoms with van der Waals surface area (Å²) in [5.41, 5.74) is 0.623. The van der Waals surface area contributed by atoms with Gasteiger partial charge in [0.25, 0.3) is 5.91 Å². The number of benzene rings is 1. The molecule has 7 heteroatoms. The van der Waals surface area contributed by atoms with Gasteiger partial charge >= 0.3 is 5.97 Å². The first-order valence-corrected chi connectivity index (χ1v) is 9.32. The molecule has 0 saturated heterocycles. The molecule has 0 aliphatic heterocycles. The number of hydrogen-bond donors (Lipinski definition) is 2. The number of carboxylic acids is 1. The molecule has 0 bridgehead atoms. The van der Waals surface area contributed by atoms with E-state index >= 15 is 0 Å². The number of rotatable bonds is 3. The number of hydrogen-bond acceptors (Lipinski definition) is 2. The fourth-order valence-electron chi connectivity index (χ4n) is 2.40. The first kappa shape index (κ1) is 16.7. The van der Waals surface area contributed by atoms with Crippen LogP contribution in [-0.4, -0.2) is 23.0 Å². The van der Waals surface area contributed by atoms with Gasteiger partial charge in [-0.2, -0.15) is 0 Å². The fourth-order valence-corrected chi connectivity index (χ4v) is 4.80. The van der Waals surface area contributed by atoms with Crippen molar-refractivity contribution in [1.29, 1.82) is 0 Å². The van der Waals surface area contributed by atoms with Crippen LogP contribution in [0, 0.1) is 16.6 Å². The molecule has 2 atom stereocenters. The molecule has 0 spiro atoms. The summed E-state index contributed by atoms with van der Waals surface area (Å²) in [5, 5.41) is 12.0. The predicted molar refractivity (Wildman–Crippen MR) is 101 cm³/mol. The van der Waals surface area contributed by atoms with Crippen LogP contribution >= 0.6 is 67.8 Å². The highest BCUT2D eigenvalue weighted by molar-refractivity contribution is 14.1. The van der Waals surface area contributed by atoms with Gasteiger partial charge in [-0.25, -0.2) is 0 Å². The Morgan fingerprint density at radius 2 is 1.90 bits per heavy atom. The lowest BCUT2D eigenvalue weighted by molar-refractivity contribution is -0.142. The molecule has 1 saturated carbocycles. The van der Waals surface area contributed by atoms with Crippen LogP contribution in [0.25, 0.3) is 0 Å². The Kier molecular flexibility index (Phi) is 5.91. The molecule has 0 aromatic heterocycles. The summed E-state index contributed by atoms with van der Waals surface area (Å²) in [6.07, 6.45) is 2.23. The molecule has 0 heterocycles. The highest BCUT2D eigenvalue weighted by Gasteiger charge is 2.34. The van der Waals surface area contributed by atoms with Crippen molar-refractivity contribution in [3.63, 3.8) is 0 Å². The SMILES string of the molecule is O=C(NC1CCCC1C(=O)O)c1cc(I)cc(I)c1I. The Morgan fingerprint density at radius 3 is 2.55 bits per heavy atom. The van der Waals surface area contributed by atoms with Gasteiger partial charge in [-0.05, 0) is 92.7 Å². The number of carboxylic acid groups (broad SMARTS) is 1. The average Bonchev–Trinajstić information content (AvgIpc) is 2.81. The topological polar surface area (TPSA) is 66.4 Å². The molecule has 1 aromatic carbocycles. The van der Waals surface area contributed by atoms with Crippen molar-refractivity contribution < 1.29 is 14.7 Å². The van der Waals surface area contributed by atoms with Crippen molar-refractivity contribution >= 4 is 79.6 Å². The normalized spacial score (nSPS) is 21.8. The monoisotopic (exact) mass is 611 g/mol. The van der Waals surface area contributed by atoms with Gasteiger partial charge in [0, 0.05) is 16.8 Å². The van der Waals surface area contributed by atoms with Crippen LogP contribution in [0.3, 0.4) is 0 Å². The minimum Gasteiger partial charge on any atom is -0.481 e. The molecule has 2 unspecified atom stereocenters. The third kappa shape index (κ3) is 3.76. The van der Waals surface area contributed by atoms with Crippen molar-refractivity contribution in [2.24, 2.45) is 5.92 Å². The summed E-state index contributed by atoms with van der Waals surface area (Å²) in [4.78, 5) is 23.5. The number of carbonyl (C=O) groups excluding carboxylic acids is 1. The maximum Gasteiger partial charge on any atom is 0.308 e. The number of amides is 1. The Labute approximate surface area is 157 Å². The van der Waals surface area contributed by atoms with E-state index in [0.29, 0.717) is 12.0 Å². The minimum atomic E-state index is -0.820. The van der Waals surface area contributed by atoms with Crippen LogP contribution in [0.15, 0.2) is 12.1 Å². The van der Waals surface area contributed by atoms with Gasteiger partial charge in [0.05, 0.1) is 11.5 Å². The second kappa shape index (κ2) is 7.07. The molecular weight excluding hydrogens is 599 g/mol. The van der Waals surface area contributed by atoms with Crippen LogP contribution < -0.4 is 5.32 Å². The Balaban J connectivity index is 2.18. The highest BCUT2D eigenvalue weighted by atomic mass is 127. The molecular formula is C13H12I3NO3. The molecule has 20 heavy (non-hydrogen) atoms. The molecule has 1 aromatic rings. The first-order chi connectivity index (χ1) is 9.40. The zero-order valence-corrected chi connectivity index (χ0v) is 16.8.